The second kappa shape index (κ2) is 10.1. The van der Waals surface area contributed by atoms with Crippen molar-refractivity contribution in [2.75, 3.05) is 45.7 Å². The molecule has 1 saturated heterocycles. The lowest BCUT2D eigenvalue weighted by molar-refractivity contribution is -0.136. The Labute approximate surface area is 183 Å². The van der Waals surface area contributed by atoms with Crippen molar-refractivity contribution in [1.82, 2.24) is 9.80 Å². The lowest BCUT2D eigenvalue weighted by atomic mass is 10.1. The number of benzene rings is 2. The van der Waals surface area contributed by atoms with Crippen molar-refractivity contribution >= 4 is 17.5 Å². The van der Waals surface area contributed by atoms with Gasteiger partial charge in [0.15, 0.2) is 0 Å². The molecule has 0 bridgehead atoms. The third-order valence-electron chi connectivity index (χ3n) is 5.42. The van der Waals surface area contributed by atoms with Gasteiger partial charge in [0, 0.05) is 44.4 Å². The first-order valence-electron chi connectivity index (χ1n) is 10.3. The number of amides is 2. The number of carbonyl (C=O) groups is 2. The zero-order chi connectivity index (χ0) is 22.4. The number of nitrogens with zero attached hydrogens (tertiary/aromatic N) is 4. The first-order chi connectivity index (χ1) is 14.9. The highest BCUT2D eigenvalue weighted by Crippen LogP contribution is 2.29. The molecule has 0 aliphatic carbocycles. The summed E-state index contributed by atoms with van der Waals surface area (Å²) in [6.45, 7) is 2.09. The number of rotatable bonds is 8. The van der Waals surface area contributed by atoms with Crippen LogP contribution in [-0.4, -0.2) is 62.5 Å². The lowest BCUT2D eigenvalue weighted by Gasteiger charge is -2.27. The van der Waals surface area contributed by atoms with E-state index in [1.807, 2.05) is 60.3 Å². The molecule has 7 nitrogen and oxygen atoms in total. The number of nitriles is 1. The zero-order valence-electron chi connectivity index (χ0n) is 18.2. The van der Waals surface area contributed by atoms with Gasteiger partial charge in [0.05, 0.1) is 24.7 Å². The van der Waals surface area contributed by atoms with E-state index in [4.69, 9.17) is 10.00 Å². The monoisotopic (exact) mass is 420 g/mol. The summed E-state index contributed by atoms with van der Waals surface area (Å²) in [4.78, 5) is 31.6. The van der Waals surface area contributed by atoms with Crippen molar-refractivity contribution in [2.24, 2.45) is 5.92 Å². The third-order valence-corrected chi connectivity index (χ3v) is 5.42. The Kier molecular flexibility index (Phi) is 7.27. The van der Waals surface area contributed by atoms with E-state index >= 15 is 0 Å². The quantitative estimate of drug-likeness (QED) is 0.656. The van der Waals surface area contributed by atoms with Gasteiger partial charge in [-0.25, -0.2) is 0 Å². The lowest BCUT2D eigenvalue weighted by Crippen LogP contribution is -2.40. The molecule has 1 heterocycles. The minimum Gasteiger partial charge on any atom is -0.497 e. The van der Waals surface area contributed by atoms with Gasteiger partial charge < -0.3 is 19.4 Å². The van der Waals surface area contributed by atoms with E-state index in [1.165, 1.54) is 0 Å². The maximum atomic E-state index is 13.4. The van der Waals surface area contributed by atoms with Crippen LogP contribution in [-0.2, 0) is 16.1 Å². The van der Waals surface area contributed by atoms with Crippen molar-refractivity contribution in [2.45, 2.75) is 13.0 Å². The summed E-state index contributed by atoms with van der Waals surface area (Å²) in [6, 6.07) is 16.7. The Morgan fingerprint density at radius 3 is 2.58 bits per heavy atom. The van der Waals surface area contributed by atoms with Crippen molar-refractivity contribution in [3.63, 3.8) is 0 Å². The molecule has 0 spiro atoms. The molecule has 0 saturated carbocycles. The average molecular weight is 421 g/mol. The van der Waals surface area contributed by atoms with E-state index < -0.39 is 0 Å². The molecule has 0 N–H and O–H groups in total. The van der Waals surface area contributed by atoms with E-state index in [0.717, 1.165) is 17.8 Å². The van der Waals surface area contributed by atoms with Gasteiger partial charge in [-0.15, -0.1) is 0 Å². The molecule has 2 aromatic rings. The normalized spacial score (nSPS) is 15.8. The molecule has 1 fully saturated rings. The number of methoxy groups -OCH3 is 1. The van der Waals surface area contributed by atoms with Crippen LogP contribution in [0.5, 0.6) is 5.75 Å². The summed E-state index contributed by atoms with van der Waals surface area (Å²) in [5.41, 5.74) is 2.29. The molecule has 7 heteroatoms. The minimum absolute atomic E-state index is 0.0232. The molecule has 2 aromatic carbocycles. The fourth-order valence-electron chi connectivity index (χ4n) is 3.65. The maximum absolute atomic E-state index is 13.4. The Bertz CT molecular complexity index is 966. The standard InChI is InChI=1S/C24H28N4O3/c1-26(2)11-12-27(16-19-9-7-18(15-25)8-10-19)24(30)20-13-23(29)28(17-20)21-5-4-6-22(14-21)31-3/h4-10,14,20H,11-13,16-17H2,1-3H3/t20-/m0/s1. The van der Waals surface area contributed by atoms with Gasteiger partial charge in [0.1, 0.15) is 5.75 Å². The van der Waals surface area contributed by atoms with Crippen molar-refractivity contribution in [1.29, 1.82) is 5.26 Å². The fraction of sp³-hybridized carbons (Fsp3) is 0.375. The summed E-state index contributed by atoms with van der Waals surface area (Å²) in [5, 5.41) is 9.00. The summed E-state index contributed by atoms with van der Waals surface area (Å²) in [7, 11) is 5.52. The van der Waals surface area contributed by atoms with Gasteiger partial charge in [-0.2, -0.15) is 5.26 Å². The molecule has 1 atom stereocenters. The summed E-state index contributed by atoms with van der Waals surface area (Å²) in [5.74, 6) is 0.204. The van der Waals surface area contributed by atoms with E-state index in [0.29, 0.717) is 30.9 Å². The minimum atomic E-state index is -0.390. The molecule has 0 aromatic heterocycles. The first kappa shape index (κ1) is 22.3. The molecule has 31 heavy (non-hydrogen) atoms. The number of hydrogen-bond acceptors (Lipinski definition) is 5. The van der Waals surface area contributed by atoms with Gasteiger partial charge in [-0.3, -0.25) is 9.59 Å². The third kappa shape index (κ3) is 5.62. The fourth-order valence-corrected chi connectivity index (χ4v) is 3.65. The van der Waals surface area contributed by atoms with Crippen molar-refractivity contribution in [3.8, 4) is 11.8 Å². The second-order valence-corrected chi connectivity index (χ2v) is 7.98. The molecule has 1 aliphatic heterocycles. The maximum Gasteiger partial charge on any atom is 0.228 e. The van der Waals surface area contributed by atoms with Crippen LogP contribution >= 0.6 is 0 Å². The molecule has 162 valence electrons. The smallest absolute Gasteiger partial charge is 0.228 e. The SMILES string of the molecule is COc1cccc(N2C[C@@H](C(=O)N(CCN(C)C)Cc3ccc(C#N)cc3)CC2=O)c1. The van der Waals surface area contributed by atoms with Gasteiger partial charge in [-0.1, -0.05) is 18.2 Å². The molecule has 2 amide bonds. The van der Waals surface area contributed by atoms with Gasteiger partial charge in [-0.05, 0) is 43.9 Å². The number of likely N-dealkylation sites (N-methyl/N-ethyl adjacent to an activating group) is 1. The summed E-state index contributed by atoms with van der Waals surface area (Å²) in [6.07, 6.45) is 0.196. The Morgan fingerprint density at radius 1 is 1.19 bits per heavy atom. The molecule has 0 unspecified atom stereocenters. The van der Waals surface area contributed by atoms with Crippen LogP contribution in [0, 0.1) is 17.2 Å². The van der Waals surface area contributed by atoms with E-state index in [9.17, 15) is 9.59 Å². The molecule has 3 rings (SSSR count). The van der Waals surface area contributed by atoms with E-state index in [2.05, 4.69) is 6.07 Å². The summed E-state index contributed by atoms with van der Waals surface area (Å²) < 4.78 is 5.26. The Balaban J connectivity index is 1.75. The van der Waals surface area contributed by atoms with Crippen LogP contribution in [0.15, 0.2) is 48.5 Å². The predicted octanol–water partition coefficient (Wildman–Crippen LogP) is 2.51. The van der Waals surface area contributed by atoms with Gasteiger partial charge in [0.2, 0.25) is 11.8 Å². The van der Waals surface area contributed by atoms with E-state index in [1.54, 1.807) is 24.1 Å². The zero-order valence-corrected chi connectivity index (χ0v) is 18.2. The number of hydrogen-bond donors (Lipinski definition) is 0. The first-order valence-corrected chi connectivity index (χ1v) is 10.3. The van der Waals surface area contributed by atoms with Crippen LogP contribution in [0.25, 0.3) is 0 Å². The van der Waals surface area contributed by atoms with Crippen LogP contribution in [0.3, 0.4) is 0 Å². The van der Waals surface area contributed by atoms with Gasteiger partial charge >= 0.3 is 0 Å². The van der Waals surface area contributed by atoms with Gasteiger partial charge in [0.25, 0.3) is 0 Å². The number of carbonyl (C=O) groups excluding carboxylic acids is 2. The van der Waals surface area contributed by atoms with Crippen LogP contribution < -0.4 is 9.64 Å². The van der Waals surface area contributed by atoms with Crippen LogP contribution in [0.2, 0.25) is 0 Å². The molecular formula is C24H28N4O3. The largest absolute Gasteiger partial charge is 0.497 e. The average Bonchev–Trinajstić information content (AvgIpc) is 3.18. The molecule has 0 radical (unpaired) electrons. The van der Waals surface area contributed by atoms with Crippen molar-refractivity contribution < 1.29 is 14.3 Å². The number of anilines is 1. The second-order valence-electron chi connectivity index (χ2n) is 7.98. The topological polar surface area (TPSA) is 76.9 Å². The predicted molar refractivity (Wildman–Crippen MR) is 119 cm³/mol. The molecular weight excluding hydrogens is 392 g/mol. The van der Waals surface area contributed by atoms with Crippen LogP contribution in [0.4, 0.5) is 5.69 Å². The highest BCUT2D eigenvalue weighted by molar-refractivity contribution is 6.00. The van der Waals surface area contributed by atoms with Crippen molar-refractivity contribution in [3.05, 3.63) is 59.7 Å². The Morgan fingerprint density at radius 2 is 1.94 bits per heavy atom. The van der Waals surface area contributed by atoms with E-state index in [-0.39, 0.29) is 24.2 Å². The highest BCUT2D eigenvalue weighted by atomic mass is 16.5. The van der Waals surface area contributed by atoms with Crippen LogP contribution in [0.1, 0.15) is 17.5 Å². The number of ether oxygens (including phenoxy) is 1. The summed E-state index contributed by atoms with van der Waals surface area (Å²) >= 11 is 0. The Hall–Kier alpha value is -3.37. The molecule has 1 aliphatic rings. The highest BCUT2D eigenvalue weighted by Gasteiger charge is 2.37.